The van der Waals surface area contributed by atoms with Gasteiger partial charge < -0.3 is 14.4 Å². The molecule has 1 aromatic carbocycles. The van der Waals surface area contributed by atoms with Gasteiger partial charge in [0.05, 0.1) is 30.8 Å². The van der Waals surface area contributed by atoms with E-state index in [-0.39, 0.29) is 5.91 Å². The van der Waals surface area contributed by atoms with Crippen molar-refractivity contribution in [2.75, 3.05) is 40.0 Å². The van der Waals surface area contributed by atoms with Gasteiger partial charge in [0.2, 0.25) is 5.91 Å². The zero-order valence-corrected chi connectivity index (χ0v) is 17.8. The SMILES string of the molecule is COC[C@H]1CCCN(Cc2ccc3c(c2)CN(C(=O)Cc2cscn2)CCO3)C1. The molecule has 1 atom stereocenters. The molecule has 0 saturated carbocycles. The first-order valence-electron chi connectivity index (χ1n) is 10.3. The molecule has 1 amide bonds. The minimum absolute atomic E-state index is 0.108. The number of likely N-dealkylation sites (tertiary alicyclic amines) is 1. The lowest BCUT2D eigenvalue weighted by molar-refractivity contribution is -0.131. The summed E-state index contributed by atoms with van der Waals surface area (Å²) in [5, 5.41) is 1.94. The molecule has 3 heterocycles. The summed E-state index contributed by atoms with van der Waals surface area (Å²) in [5.41, 5.74) is 4.99. The van der Waals surface area contributed by atoms with Gasteiger partial charge in [-0.1, -0.05) is 6.07 Å². The van der Waals surface area contributed by atoms with Gasteiger partial charge in [-0.15, -0.1) is 11.3 Å². The van der Waals surface area contributed by atoms with Crippen molar-refractivity contribution >= 4 is 17.2 Å². The quantitative estimate of drug-likeness (QED) is 0.726. The molecule has 0 spiro atoms. The second-order valence-electron chi connectivity index (χ2n) is 7.96. The van der Waals surface area contributed by atoms with Crippen LogP contribution in [-0.2, 0) is 29.0 Å². The van der Waals surface area contributed by atoms with Crippen LogP contribution in [0.25, 0.3) is 0 Å². The largest absolute Gasteiger partial charge is 0.491 e. The molecule has 0 aliphatic carbocycles. The Kier molecular flexibility index (Phi) is 6.79. The van der Waals surface area contributed by atoms with Crippen molar-refractivity contribution in [3.8, 4) is 5.75 Å². The fourth-order valence-corrected chi connectivity index (χ4v) is 4.83. The summed E-state index contributed by atoms with van der Waals surface area (Å²) in [7, 11) is 1.78. The maximum absolute atomic E-state index is 12.7. The predicted molar refractivity (Wildman–Crippen MR) is 113 cm³/mol. The van der Waals surface area contributed by atoms with E-state index < -0.39 is 0 Å². The Bertz CT molecular complexity index is 810. The fourth-order valence-electron chi connectivity index (χ4n) is 4.28. The van der Waals surface area contributed by atoms with Gasteiger partial charge in [-0.2, -0.15) is 0 Å². The van der Waals surface area contributed by atoms with Crippen LogP contribution in [0.1, 0.15) is 29.7 Å². The zero-order valence-electron chi connectivity index (χ0n) is 17.0. The normalized spacial score (nSPS) is 20.0. The van der Waals surface area contributed by atoms with Crippen molar-refractivity contribution in [3.63, 3.8) is 0 Å². The number of carbonyl (C=O) groups is 1. The number of nitrogens with zero attached hydrogens (tertiary/aromatic N) is 3. The molecule has 0 unspecified atom stereocenters. The number of hydrogen-bond acceptors (Lipinski definition) is 6. The molecule has 1 aromatic heterocycles. The third kappa shape index (κ3) is 5.35. The van der Waals surface area contributed by atoms with Crippen LogP contribution in [0.3, 0.4) is 0 Å². The van der Waals surface area contributed by atoms with Crippen LogP contribution in [0, 0.1) is 5.92 Å². The number of thiazole rings is 1. The van der Waals surface area contributed by atoms with Gasteiger partial charge in [0.15, 0.2) is 0 Å². The molecule has 0 bridgehead atoms. The molecule has 0 radical (unpaired) electrons. The van der Waals surface area contributed by atoms with Crippen LogP contribution < -0.4 is 4.74 Å². The van der Waals surface area contributed by atoms with Crippen molar-refractivity contribution in [2.24, 2.45) is 5.92 Å². The average Bonchev–Trinajstić information content (AvgIpc) is 3.13. The maximum Gasteiger partial charge on any atom is 0.229 e. The highest BCUT2D eigenvalue weighted by atomic mass is 32.1. The van der Waals surface area contributed by atoms with E-state index in [0.717, 1.165) is 43.2 Å². The van der Waals surface area contributed by atoms with E-state index >= 15 is 0 Å². The van der Waals surface area contributed by atoms with Crippen molar-refractivity contribution in [1.82, 2.24) is 14.8 Å². The van der Waals surface area contributed by atoms with Crippen LogP contribution in [0.15, 0.2) is 29.1 Å². The Morgan fingerprint density at radius 2 is 2.31 bits per heavy atom. The molecule has 7 heteroatoms. The van der Waals surface area contributed by atoms with Gasteiger partial charge in [-0.3, -0.25) is 9.69 Å². The highest BCUT2D eigenvalue weighted by molar-refractivity contribution is 7.07. The van der Waals surface area contributed by atoms with Crippen LogP contribution >= 0.6 is 11.3 Å². The second-order valence-corrected chi connectivity index (χ2v) is 8.68. The number of amides is 1. The molecular formula is C22H29N3O3S. The molecule has 2 aliphatic rings. The number of ether oxygens (including phenoxy) is 2. The Balaban J connectivity index is 1.42. The number of carbonyl (C=O) groups excluding carboxylic acids is 1. The van der Waals surface area contributed by atoms with Crippen LogP contribution in [0.2, 0.25) is 0 Å². The van der Waals surface area contributed by atoms with Gasteiger partial charge >= 0.3 is 0 Å². The molecule has 6 nitrogen and oxygen atoms in total. The van der Waals surface area contributed by atoms with Crippen LogP contribution in [0.4, 0.5) is 0 Å². The fraction of sp³-hybridized carbons (Fsp3) is 0.545. The van der Waals surface area contributed by atoms with Gasteiger partial charge in [0, 0.05) is 37.7 Å². The summed E-state index contributed by atoms with van der Waals surface area (Å²) in [6, 6.07) is 6.44. The summed E-state index contributed by atoms with van der Waals surface area (Å²) >= 11 is 1.52. The van der Waals surface area contributed by atoms with Crippen LogP contribution in [-0.4, -0.2) is 60.6 Å². The van der Waals surface area contributed by atoms with Gasteiger partial charge in [-0.25, -0.2) is 4.98 Å². The summed E-state index contributed by atoms with van der Waals surface area (Å²) in [6.45, 7) is 5.72. The van der Waals surface area contributed by atoms with E-state index in [9.17, 15) is 4.79 Å². The third-order valence-electron chi connectivity index (χ3n) is 5.69. The minimum Gasteiger partial charge on any atom is -0.491 e. The lowest BCUT2D eigenvalue weighted by Crippen LogP contribution is -2.36. The predicted octanol–water partition coefficient (Wildman–Crippen LogP) is 2.97. The molecule has 2 aromatic rings. The second kappa shape index (κ2) is 9.69. The smallest absolute Gasteiger partial charge is 0.229 e. The number of rotatable bonds is 6. The molecule has 0 N–H and O–H groups in total. The summed E-state index contributed by atoms with van der Waals surface area (Å²) in [6.07, 6.45) is 2.83. The monoisotopic (exact) mass is 415 g/mol. The summed E-state index contributed by atoms with van der Waals surface area (Å²) in [4.78, 5) is 21.4. The van der Waals surface area contributed by atoms with E-state index in [1.54, 1.807) is 12.6 Å². The number of piperidine rings is 1. The Hall–Kier alpha value is -1.96. The van der Waals surface area contributed by atoms with Crippen molar-refractivity contribution < 1.29 is 14.3 Å². The maximum atomic E-state index is 12.7. The summed E-state index contributed by atoms with van der Waals surface area (Å²) in [5.74, 6) is 1.63. The molecule has 1 saturated heterocycles. The van der Waals surface area contributed by atoms with E-state index in [1.165, 1.54) is 29.7 Å². The Labute approximate surface area is 176 Å². The Morgan fingerprint density at radius 1 is 1.38 bits per heavy atom. The number of methoxy groups -OCH3 is 1. The average molecular weight is 416 g/mol. The zero-order chi connectivity index (χ0) is 20.1. The topological polar surface area (TPSA) is 54.9 Å². The molecule has 29 heavy (non-hydrogen) atoms. The minimum atomic E-state index is 0.108. The molecule has 2 aliphatic heterocycles. The van der Waals surface area contributed by atoms with Crippen LogP contribution in [0.5, 0.6) is 5.75 Å². The van der Waals surface area contributed by atoms with E-state index in [1.807, 2.05) is 10.3 Å². The highest BCUT2D eigenvalue weighted by Gasteiger charge is 2.23. The first-order chi connectivity index (χ1) is 14.2. The molecular weight excluding hydrogens is 386 g/mol. The molecule has 4 rings (SSSR count). The van der Waals surface area contributed by atoms with Gasteiger partial charge in [0.25, 0.3) is 0 Å². The van der Waals surface area contributed by atoms with E-state index in [2.05, 4.69) is 28.1 Å². The highest BCUT2D eigenvalue weighted by Crippen LogP contribution is 2.26. The van der Waals surface area contributed by atoms with Crippen molar-refractivity contribution in [1.29, 1.82) is 0 Å². The van der Waals surface area contributed by atoms with E-state index in [4.69, 9.17) is 9.47 Å². The molecule has 1 fully saturated rings. The van der Waals surface area contributed by atoms with Gasteiger partial charge in [0.1, 0.15) is 12.4 Å². The summed E-state index contributed by atoms with van der Waals surface area (Å²) < 4.78 is 11.3. The number of benzene rings is 1. The number of fused-ring (bicyclic) bond motifs is 1. The first kappa shape index (κ1) is 20.3. The van der Waals surface area contributed by atoms with Crippen molar-refractivity contribution in [2.45, 2.75) is 32.4 Å². The third-order valence-corrected chi connectivity index (χ3v) is 6.32. The first-order valence-corrected chi connectivity index (χ1v) is 11.3. The lowest BCUT2D eigenvalue weighted by atomic mass is 9.98. The molecule has 156 valence electrons. The number of aromatic nitrogens is 1. The van der Waals surface area contributed by atoms with Crippen molar-refractivity contribution in [3.05, 3.63) is 45.9 Å². The number of hydrogen-bond donors (Lipinski definition) is 0. The standard InChI is InChI=1S/C22H29N3O3S/c1-27-14-18-3-2-6-24(12-18)11-17-4-5-21-19(9-17)13-25(7-8-28-21)22(26)10-20-15-29-16-23-20/h4-5,9,15-16,18H,2-3,6-8,10-14H2,1H3/t18-/m0/s1. The van der Waals surface area contributed by atoms with E-state index in [0.29, 0.717) is 32.0 Å². The lowest BCUT2D eigenvalue weighted by Gasteiger charge is -2.32. The van der Waals surface area contributed by atoms with Gasteiger partial charge in [-0.05, 0) is 43.0 Å². The Morgan fingerprint density at radius 3 is 3.14 bits per heavy atom.